The van der Waals surface area contributed by atoms with Gasteiger partial charge < -0.3 is 14.2 Å². The van der Waals surface area contributed by atoms with E-state index in [-0.39, 0.29) is 11.8 Å². The Morgan fingerprint density at radius 2 is 1.81 bits per heavy atom. The summed E-state index contributed by atoms with van der Waals surface area (Å²) in [5.74, 6) is 1.10. The molecule has 3 rings (SSSR count). The highest BCUT2D eigenvalue weighted by molar-refractivity contribution is 6.12. The van der Waals surface area contributed by atoms with Crippen molar-refractivity contribution >= 4 is 17.9 Å². The largest absolute Gasteiger partial charge is 0.493 e. The maximum atomic E-state index is 12.2. The van der Waals surface area contributed by atoms with Crippen LogP contribution < -0.4 is 9.47 Å². The van der Waals surface area contributed by atoms with Crippen LogP contribution in [0.15, 0.2) is 53.2 Å². The minimum atomic E-state index is -0.470. The number of hydrogen-bond donors (Lipinski definition) is 0. The molecule has 0 aromatic heterocycles. The van der Waals surface area contributed by atoms with E-state index in [1.165, 1.54) is 0 Å². The van der Waals surface area contributed by atoms with Crippen molar-refractivity contribution in [3.05, 3.63) is 64.9 Å². The Morgan fingerprint density at radius 3 is 2.46 bits per heavy atom. The van der Waals surface area contributed by atoms with E-state index in [4.69, 9.17) is 14.2 Å². The highest BCUT2D eigenvalue weighted by Gasteiger charge is 2.24. The third-order valence-corrected chi connectivity index (χ3v) is 3.77. The van der Waals surface area contributed by atoms with Crippen LogP contribution in [0.2, 0.25) is 0 Å². The van der Waals surface area contributed by atoms with Crippen molar-refractivity contribution in [2.24, 2.45) is 4.99 Å². The van der Waals surface area contributed by atoms with Crippen molar-refractivity contribution in [2.45, 2.75) is 26.9 Å². The van der Waals surface area contributed by atoms with E-state index in [1.807, 2.05) is 57.2 Å². The van der Waals surface area contributed by atoms with Crippen LogP contribution in [-0.2, 0) is 9.53 Å². The van der Waals surface area contributed by atoms with Gasteiger partial charge in [-0.05, 0) is 56.7 Å². The first-order chi connectivity index (χ1) is 12.5. The third kappa shape index (κ3) is 3.94. The van der Waals surface area contributed by atoms with Gasteiger partial charge in [-0.1, -0.05) is 23.8 Å². The number of hydrogen-bond acceptors (Lipinski definition) is 5. The summed E-state index contributed by atoms with van der Waals surface area (Å²) in [4.78, 5) is 16.5. The molecule has 0 aliphatic carbocycles. The number of aryl methyl sites for hydroxylation is 1. The third-order valence-electron chi connectivity index (χ3n) is 3.77. The van der Waals surface area contributed by atoms with Gasteiger partial charge in [0.1, 0.15) is 0 Å². The Bertz CT molecular complexity index is 879. The summed E-state index contributed by atoms with van der Waals surface area (Å²) in [5, 5.41) is 0. The molecule has 1 aliphatic heterocycles. The number of methoxy groups -OCH3 is 1. The molecule has 26 heavy (non-hydrogen) atoms. The minimum Gasteiger partial charge on any atom is -0.493 e. The average Bonchev–Trinajstić information content (AvgIpc) is 2.96. The molecule has 0 amide bonds. The maximum absolute atomic E-state index is 12.2. The van der Waals surface area contributed by atoms with Gasteiger partial charge in [0.2, 0.25) is 5.90 Å². The second kappa shape index (κ2) is 7.44. The fourth-order valence-corrected chi connectivity index (χ4v) is 2.52. The molecule has 1 aliphatic rings. The van der Waals surface area contributed by atoms with Gasteiger partial charge in [0, 0.05) is 5.56 Å². The molecule has 1 heterocycles. The Kier molecular flexibility index (Phi) is 5.07. The summed E-state index contributed by atoms with van der Waals surface area (Å²) in [7, 11) is 1.59. The molecule has 0 unspecified atom stereocenters. The monoisotopic (exact) mass is 351 g/mol. The SMILES string of the molecule is COc1ccc(/C=C2/N=C(c3ccc(C)cc3)OC2=O)cc1OC(C)C. The maximum Gasteiger partial charge on any atom is 0.363 e. The molecular weight excluding hydrogens is 330 g/mol. The van der Waals surface area contributed by atoms with Gasteiger partial charge in [-0.3, -0.25) is 0 Å². The smallest absolute Gasteiger partial charge is 0.363 e. The quantitative estimate of drug-likeness (QED) is 0.600. The summed E-state index contributed by atoms with van der Waals surface area (Å²) in [6.07, 6.45) is 1.69. The first kappa shape index (κ1) is 17.7. The van der Waals surface area contributed by atoms with Crippen LogP contribution in [0, 0.1) is 6.92 Å². The molecule has 134 valence electrons. The van der Waals surface area contributed by atoms with Crippen molar-refractivity contribution in [3.8, 4) is 11.5 Å². The van der Waals surface area contributed by atoms with Crippen LogP contribution in [0.5, 0.6) is 11.5 Å². The summed E-state index contributed by atoms with van der Waals surface area (Å²) in [6.45, 7) is 5.88. The van der Waals surface area contributed by atoms with Crippen LogP contribution in [0.3, 0.4) is 0 Å². The molecule has 0 atom stereocenters. The zero-order valence-electron chi connectivity index (χ0n) is 15.3. The molecule has 5 heteroatoms. The van der Waals surface area contributed by atoms with Gasteiger partial charge in [-0.2, -0.15) is 0 Å². The zero-order valence-corrected chi connectivity index (χ0v) is 15.3. The molecule has 0 N–H and O–H groups in total. The summed E-state index contributed by atoms with van der Waals surface area (Å²) >= 11 is 0. The van der Waals surface area contributed by atoms with Crippen molar-refractivity contribution in [1.82, 2.24) is 0 Å². The molecule has 0 bridgehead atoms. The number of carbonyl (C=O) groups excluding carboxylic acids is 1. The summed E-state index contributed by atoms with van der Waals surface area (Å²) in [5.41, 5.74) is 2.93. The first-order valence-electron chi connectivity index (χ1n) is 8.40. The van der Waals surface area contributed by atoms with E-state index in [9.17, 15) is 4.79 Å². The second-order valence-electron chi connectivity index (χ2n) is 6.28. The number of benzene rings is 2. The predicted molar refractivity (Wildman–Crippen MR) is 101 cm³/mol. The van der Waals surface area contributed by atoms with Crippen LogP contribution in [0.1, 0.15) is 30.5 Å². The van der Waals surface area contributed by atoms with E-state index < -0.39 is 5.97 Å². The van der Waals surface area contributed by atoms with Crippen LogP contribution >= 0.6 is 0 Å². The van der Waals surface area contributed by atoms with Gasteiger partial charge in [0.05, 0.1) is 13.2 Å². The van der Waals surface area contributed by atoms with E-state index >= 15 is 0 Å². The standard InChI is InChI=1S/C21H21NO4/c1-13(2)25-19-12-15(7-10-18(19)24-4)11-17-21(23)26-20(22-17)16-8-5-14(3)6-9-16/h5-13H,1-4H3/b17-11+. The molecular formula is C21H21NO4. The lowest BCUT2D eigenvalue weighted by Gasteiger charge is -2.13. The van der Waals surface area contributed by atoms with Gasteiger partial charge in [-0.25, -0.2) is 9.79 Å². The molecule has 0 saturated carbocycles. The Balaban J connectivity index is 1.91. The van der Waals surface area contributed by atoms with Gasteiger partial charge in [0.25, 0.3) is 0 Å². The lowest BCUT2D eigenvalue weighted by molar-refractivity contribution is -0.129. The van der Waals surface area contributed by atoms with E-state index in [0.717, 1.165) is 16.7 Å². The van der Waals surface area contributed by atoms with Gasteiger partial charge >= 0.3 is 5.97 Å². The summed E-state index contributed by atoms with van der Waals surface area (Å²) in [6, 6.07) is 13.1. The molecule has 0 radical (unpaired) electrons. The number of aliphatic imine (C=N–C) groups is 1. The minimum absolute atomic E-state index is 0.00871. The van der Waals surface area contributed by atoms with E-state index in [2.05, 4.69) is 4.99 Å². The number of nitrogens with zero attached hydrogens (tertiary/aromatic N) is 1. The van der Waals surface area contributed by atoms with Gasteiger partial charge in [0.15, 0.2) is 17.2 Å². The zero-order chi connectivity index (χ0) is 18.7. The molecule has 2 aromatic rings. The van der Waals surface area contributed by atoms with E-state index in [1.54, 1.807) is 19.3 Å². The Hall–Kier alpha value is -3.08. The van der Waals surface area contributed by atoms with Crippen molar-refractivity contribution in [2.75, 3.05) is 7.11 Å². The normalized spacial score (nSPS) is 15.2. The lowest BCUT2D eigenvalue weighted by atomic mass is 10.1. The number of rotatable bonds is 5. The fourth-order valence-electron chi connectivity index (χ4n) is 2.52. The highest BCUT2D eigenvalue weighted by Crippen LogP contribution is 2.30. The first-order valence-corrected chi connectivity index (χ1v) is 8.40. The molecule has 0 saturated heterocycles. The lowest BCUT2D eigenvalue weighted by Crippen LogP contribution is -2.07. The number of esters is 1. The van der Waals surface area contributed by atoms with Crippen LogP contribution in [-0.4, -0.2) is 25.1 Å². The predicted octanol–water partition coefficient (Wildman–Crippen LogP) is 4.14. The summed E-state index contributed by atoms with van der Waals surface area (Å²) < 4.78 is 16.4. The molecule has 0 fully saturated rings. The molecule has 0 spiro atoms. The number of cyclic esters (lactones) is 1. The number of carbonyl (C=O) groups is 1. The highest BCUT2D eigenvalue weighted by atomic mass is 16.6. The van der Waals surface area contributed by atoms with Gasteiger partial charge in [-0.15, -0.1) is 0 Å². The Labute approximate surface area is 152 Å². The van der Waals surface area contributed by atoms with E-state index in [0.29, 0.717) is 17.4 Å². The average molecular weight is 351 g/mol. The van der Waals surface area contributed by atoms with Crippen LogP contribution in [0.25, 0.3) is 6.08 Å². The molecule has 5 nitrogen and oxygen atoms in total. The van der Waals surface area contributed by atoms with Crippen molar-refractivity contribution in [3.63, 3.8) is 0 Å². The van der Waals surface area contributed by atoms with Crippen molar-refractivity contribution in [1.29, 1.82) is 0 Å². The molecule has 2 aromatic carbocycles. The fraction of sp³-hybridized carbons (Fsp3) is 0.238. The number of ether oxygens (including phenoxy) is 3. The van der Waals surface area contributed by atoms with Crippen LogP contribution in [0.4, 0.5) is 0 Å². The Morgan fingerprint density at radius 1 is 1.08 bits per heavy atom. The van der Waals surface area contributed by atoms with Crippen molar-refractivity contribution < 1.29 is 19.0 Å². The topological polar surface area (TPSA) is 57.1 Å². The second-order valence-corrected chi connectivity index (χ2v) is 6.28.